The summed E-state index contributed by atoms with van der Waals surface area (Å²) < 4.78 is 6.92. The number of ether oxygens (including phenoxy) is 1. The Bertz CT molecular complexity index is 589. The molecule has 0 aliphatic heterocycles. The molecule has 0 atom stereocenters. The van der Waals surface area contributed by atoms with Crippen molar-refractivity contribution in [2.75, 3.05) is 7.11 Å². The second kappa shape index (κ2) is 5.81. The summed E-state index contributed by atoms with van der Waals surface area (Å²) in [7, 11) is 1.59. The van der Waals surface area contributed by atoms with Crippen LogP contribution in [0.4, 0.5) is 0 Å². The van der Waals surface area contributed by atoms with Gasteiger partial charge in [0, 0.05) is 12.1 Å². The molecule has 0 radical (unpaired) electrons. The van der Waals surface area contributed by atoms with E-state index in [1.54, 1.807) is 18.0 Å². The van der Waals surface area contributed by atoms with E-state index in [4.69, 9.17) is 16.3 Å². The molecule has 0 bridgehead atoms. The number of rotatable bonds is 4. The lowest BCUT2D eigenvalue weighted by Crippen LogP contribution is -2.35. The van der Waals surface area contributed by atoms with Gasteiger partial charge in [0.1, 0.15) is 5.75 Å². The molecule has 1 aromatic carbocycles. The van der Waals surface area contributed by atoms with Crippen molar-refractivity contribution in [2.45, 2.75) is 32.9 Å². The minimum atomic E-state index is 0.0344. The molecular weight excluding hydrogens is 276 g/mol. The van der Waals surface area contributed by atoms with Crippen LogP contribution in [0.1, 0.15) is 26.5 Å². The lowest BCUT2D eigenvalue weighted by molar-refractivity contribution is 0.414. The second-order valence-electron chi connectivity index (χ2n) is 5.56. The van der Waals surface area contributed by atoms with Crippen LogP contribution in [0, 0.1) is 0 Å². The average Bonchev–Trinajstić information content (AvgIpc) is 2.83. The van der Waals surface area contributed by atoms with Crippen molar-refractivity contribution in [1.29, 1.82) is 0 Å². The largest absolute Gasteiger partial charge is 0.495 e. The Kier molecular flexibility index (Phi) is 4.30. The van der Waals surface area contributed by atoms with E-state index in [-0.39, 0.29) is 5.54 Å². The van der Waals surface area contributed by atoms with Crippen molar-refractivity contribution in [3.05, 3.63) is 35.1 Å². The van der Waals surface area contributed by atoms with E-state index in [2.05, 4.69) is 36.4 Å². The zero-order valence-corrected chi connectivity index (χ0v) is 12.9. The number of hydrogen-bond donors (Lipinski definition) is 1. The van der Waals surface area contributed by atoms with Crippen LogP contribution in [0.5, 0.6) is 5.75 Å². The molecule has 0 fully saturated rings. The molecule has 108 valence electrons. The summed E-state index contributed by atoms with van der Waals surface area (Å²) in [4.78, 5) is 0. The van der Waals surface area contributed by atoms with Gasteiger partial charge in [-0.2, -0.15) is 0 Å². The quantitative estimate of drug-likeness (QED) is 0.942. The van der Waals surface area contributed by atoms with Gasteiger partial charge in [-0.15, -0.1) is 5.10 Å². The number of methoxy groups -OCH3 is 1. The summed E-state index contributed by atoms with van der Waals surface area (Å²) >= 11 is 6.15. The van der Waals surface area contributed by atoms with Gasteiger partial charge < -0.3 is 10.1 Å². The molecular formula is C14H19ClN4O. The number of nitrogens with zero attached hydrogens (tertiary/aromatic N) is 3. The first-order valence-corrected chi connectivity index (χ1v) is 6.77. The predicted molar refractivity (Wildman–Crippen MR) is 79.5 cm³/mol. The first-order valence-electron chi connectivity index (χ1n) is 6.39. The maximum atomic E-state index is 6.15. The predicted octanol–water partition coefficient (Wildman–Crippen LogP) is 2.82. The van der Waals surface area contributed by atoms with Crippen molar-refractivity contribution in [1.82, 2.24) is 20.3 Å². The molecule has 20 heavy (non-hydrogen) atoms. The Morgan fingerprint density at radius 2 is 2.10 bits per heavy atom. The molecule has 5 nitrogen and oxygen atoms in total. The van der Waals surface area contributed by atoms with Gasteiger partial charge in [-0.25, -0.2) is 4.68 Å². The fourth-order valence-corrected chi connectivity index (χ4v) is 1.99. The highest BCUT2D eigenvalue weighted by atomic mass is 35.5. The molecule has 0 aliphatic carbocycles. The number of benzene rings is 1. The number of hydrogen-bond acceptors (Lipinski definition) is 4. The molecule has 2 rings (SSSR count). The monoisotopic (exact) mass is 294 g/mol. The minimum absolute atomic E-state index is 0.0344. The van der Waals surface area contributed by atoms with E-state index in [9.17, 15) is 0 Å². The first-order chi connectivity index (χ1) is 9.40. The summed E-state index contributed by atoms with van der Waals surface area (Å²) in [5.74, 6) is 0.643. The van der Waals surface area contributed by atoms with E-state index < -0.39 is 0 Å². The third-order valence-corrected chi connectivity index (χ3v) is 3.10. The van der Waals surface area contributed by atoms with Crippen LogP contribution in [0.2, 0.25) is 5.02 Å². The normalized spacial score (nSPS) is 11.7. The van der Waals surface area contributed by atoms with Crippen molar-refractivity contribution in [3.63, 3.8) is 0 Å². The van der Waals surface area contributed by atoms with Crippen molar-refractivity contribution < 1.29 is 4.74 Å². The fraction of sp³-hybridized carbons (Fsp3) is 0.429. The zero-order chi connectivity index (χ0) is 14.8. The molecule has 0 amide bonds. The maximum absolute atomic E-state index is 6.15. The second-order valence-corrected chi connectivity index (χ2v) is 5.97. The summed E-state index contributed by atoms with van der Waals surface area (Å²) in [5.41, 5.74) is 1.87. The molecule has 6 heteroatoms. The highest BCUT2D eigenvalue weighted by molar-refractivity contribution is 6.32. The van der Waals surface area contributed by atoms with Gasteiger partial charge in [-0.05, 0) is 39.0 Å². The number of nitrogens with one attached hydrogen (secondary N) is 1. The smallest absolute Gasteiger partial charge is 0.137 e. The van der Waals surface area contributed by atoms with E-state index >= 15 is 0 Å². The van der Waals surface area contributed by atoms with Gasteiger partial charge >= 0.3 is 0 Å². The van der Waals surface area contributed by atoms with Crippen LogP contribution in [-0.4, -0.2) is 27.6 Å². The molecule has 0 saturated carbocycles. The summed E-state index contributed by atoms with van der Waals surface area (Å²) in [6, 6.07) is 5.54. The molecule has 0 aliphatic rings. The lowest BCUT2D eigenvalue weighted by atomic mass is 10.1. The summed E-state index contributed by atoms with van der Waals surface area (Å²) in [6.45, 7) is 7.03. The van der Waals surface area contributed by atoms with Crippen LogP contribution in [-0.2, 0) is 6.54 Å². The van der Waals surface area contributed by atoms with Gasteiger partial charge in [0.2, 0.25) is 0 Å². The first kappa shape index (κ1) is 14.8. The van der Waals surface area contributed by atoms with Gasteiger partial charge in [0.15, 0.2) is 0 Å². The Balaban J connectivity index is 2.25. The van der Waals surface area contributed by atoms with Gasteiger partial charge in [-0.1, -0.05) is 16.8 Å². The Morgan fingerprint density at radius 1 is 1.35 bits per heavy atom. The fourth-order valence-electron chi connectivity index (χ4n) is 1.74. The van der Waals surface area contributed by atoms with Gasteiger partial charge in [0.25, 0.3) is 0 Å². The molecule has 0 saturated heterocycles. The molecule has 2 aromatic rings. The van der Waals surface area contributed by atoms with E-state index in [1.807, 2.05) is 18.2 Å². The summed E-state index contributed by atoms with van der Waals surface area (Å²) in [5, 5.41) is 12.0. The summed E-state index contributed by atoms with van der Waals surface area (Å²) in [6.07, 6.45) is 1.75. The maximum Gasteiger partial charge on any atom is 0.137 e. The van der Waals surface area contributed by atoms with Crippen molar-refractivity contribution in [3.8, 4) is 11.4 Å². The molecule has 0 spiro atoms. The SMILES string of the molecule is COc1ccc(-n2nncc2CNC(C)(C)C)cc1Cl. The van der Waals surface area contributed by atoms with Crippen LogP contribution < -0.4 is 10.1 Å². The van der Waals surface area contributed by atoms with E-state index in [1.165, 1.54) is 0 Å². The Morgan fingerprint density at radius 3 is 2.70 bits per heavy atom. The molecule has 1 heterocycles. The Labute approximate surface area is 123 Å². The van der Waals surface area contributed by atoms with Crippen molar-refractivity contribution in [2.24, 2.45) is 0 Å². The van der Waals surface area contributed by atoms with Crippen LogP contribution in [0.3, 0.4) is 0 Å². The third kappa shape index (κ3) is 3.49. The van der Waals surface area contributed by atoms with Gasteiger partial charge in [0.05, 0.1) is 29.7 Å². The minimum Gasteiger partial charge on any atom is -0.495 e. The lowest BCUT2D eigenvalue weighted by Gasteiger charge is -2.20. The van der Waals surface area contributed by atoms with Crippen molar-refractivity contribution >= 4 is 11.6 Å². The number of aromatic nitrogens is 3. The Hall–Kier alpha value is -1.59. The zero-order valence-electron chi connectivity index (χ0n) is 12.1. The molecule has 1 N–H and O–H groups in total. The van der Waals surface area contributed by atoms with Gasteiger partial charge in [-0.3, -0.25) is 0 Å². The standard InChI is InChI=1S/C14H19ClN4O/c1-14(2,3)16-8-11-9-17-18-19(11)10-5-6-13(20-4)12(15)7-10/h5-7,9,16H,8H2,1-4H3. The molecule has 1 aromatic heterocycles. The van der Waals surface area contributed by atoms with Crippen LogP contribution in [0.25, 0.3) is 5.69 Å². The topological polar surface area (TPSA) is 52.0 Å². The molecule has 0 unspecified atom stereocenters. The van der Waals surface area contributed by atoms with E-state index in [0.717, 1.165) is 11.4 Å². The third-order valence-electron chi connectivity index (χ3n) is 2.80. The van der Waals surface area contributed by atoms with Crippen LogP contribution >= 0.6 is 11.6 Å². The highest BCUT2D eigenvalue weighted by Gasteiger charge is 2.13. The van der Waals surface area contributed by atoms with Crippen LogP contribution in [0.15, 0.2) is 24.4 Å². The van der Waals surface area contributed by atoms with E-state index in [0.29, 0.717) is 17.3 Å². The average molecular weight is 295 g/mol. The highest BCUT2D eigenvalue weighted by Crippen LogP contribution is 2.26. The number of halogens is 1.